The largest absolute Gasteiger partial charge is 0.479 e. The summed E-state index contributed by atoms with van der Waals surface area (Å²) in [6.07, 6.45) is 0. The van der Waals surface area contributed by atoms with Crippen LogP contribution < -0.4 is 0 Å². The van der Waals surface area contributed by atoms with E-state index in [-0.39, 0.29) is 11.9 Å². The van der Waals surface area contributed by atoms with Gasteiger partial charge in [-0.15, -0.1) is 0 Å². The lowest BCUT2D eigenvalue weighted by Gasteiger charge is -2.05. The van der Waals surface area contributed by atoms with Gasteiger partial charge in [-0.1, -0.05) is 18.2 Å². The molecule has 0 bridgehead atoms. The van der Waals surface area contributed by atoms with Gasteiger partial charge in [0.15, 0.2) is 0 Å². The van der Waals surface area contributed by atoms with Crippen molar-refractivity contribution in [1.29, 1.82) is 0 Å². The summed E-state index contributed by atoms with van der Waals surface area (Å²) in [5.74, 6) is -0.181. The number of hydrogen-bond acceptors (Lipinski definition) is 5. The SMILES string of the molecule is CCOC(=S)SCOC(=O)c1ccccc1. The normalized spacial score (nSPS) is 9.56. The summed E-state index contributed by atoms with van der Waals surface area (Å²) in [7, 11) is 0. The van der Waals surface area contributed by atoms with Crippen LogP contribution in [0, 0.1) is 0 Å². The highest BCUT2D eigenvalue weighted by Crippen LogP contribution is 2.08. The minimum absolute atomic E-state index is 0.173. The lowest BCUT2D eigenvalue weighted by molar-refractivity contribution is 0.0580. The minimum atomic E-state index is -0.354. The second-order valence-electron chi connectivity index (χ2n) is 2.74. The highest BCUT2D eigenvalue weighted by molar-refractivity contribution is 8.22. The van der Waals surface area contributed by atoms with Crippen LogP contribution in [0.4, 0.5) is 0 Å². The maximum absolute atomic E-state index is 11.5. The molecule has 0 unspecified atom stereocenters. The van der Waals surface area contributed by atoms with Crippen molar-refractivity contribution in [3.63, 3.8) is 0 Å². The predicted molar refractivity (Wildman–Crippen MR) is 68.5 cm³/mol. The van der Waals surface area contributed by atoms with Crippen molar-refractivity contribution in [2.75, 3.05) is 12.5 Å². The first-order chi connectivity index (χ1) is 7.74. The van der Waals surface area contributed by atoms with E-state index in [1.165, 1.54) is 11.8 Å². The molecule has 86 valence electrons. The summed E-state index contributed by atoms with van der Waals surface area (Å²) in [6, 6.07) is 8.82. The van der Waals surface area contributed by atoms with Crippen molar-refractivity contribution in [3.8, 4) is 0 Å². The molecular weight excluding hydrogens is 244 g/mol. The monoisotopic (exact) mass is 256 g/mol. The Morgan fingerprint density at radius 2 is 2.00 bits per heavy atom. The number of rotatable bonds is 4. The van der Waals surface area contributed by atoms with Gasteiger partial charge in [-0.3, -0.25) is 0 Å². The van der Waals surface area contributed by atoms with Gasteiger partial charge >= 0.3 is 5.97 Å². The zero-order chi connectivity index (χ0) is 11.8. The van der Waals surface area contributed by atoms with E-state index in [9.17, 15) is 4.79 Å². The number of thioether (sulfide) groups is 1. The van der Waals surface area contributed by atoms with Crippen LogP contribution in [-0.2, 0) is 9.47 Å². The van der Waals surface area contributed by atoms with E-state index in [1.807, 2.05) is 13.0 Å². The van der Waals surface area contributed by atoms with Gasteiger partial charge in [0.2, 0.25) is 4.38 Å². The third kappa shape index (κ3) is 4.63. The molecule has 0 heterocycles. The molecule has 0 N–H and O–H groups in total. The zero-order valence-electron chi connectivity index (χ0n) is 8.84. The van der Waals surface area contributed by atoms with Crippen molar-refractivity contribution in [1.82, 2.24) is 0 Å². The number of carbonyl (C=O) groups excluding carboxylic acids is 1. The number of benzene rings is 1. The fraction of sp³-hybridized carbons (Fsp3) is 0.273. The molecule has 0 amide bonds. The smallest absolute Gasteiger partial charge is 0.338 e. The zero-order valence-corrected chi connectivity index (χ0v) is 10.5. The molecule has 3 nitrogen and oxygen atoms in total. The van der Waals surface area contributed by atoms with Gasteiger partial charge in [-0.25, -0.2) is 4.79 Å². The first-order valence-corrected chi connectivity index (χ1v) is 6.15. The number of ether oxygens (including phenoxy) is 2. The molecule has 1 aromatic carbocycles. The van der Waals surface area contributed by atoms with E-state index in [0.717, 1.165) is 0 Å². The van der Waals surface area contributed by atoms with Crippen molar-refractivity contribution >= 4 is 34.3 Å². The minimum Gasteiger partial charge on any atom is -0.479 e. The van der Waals surface area contributed by atoms with Crippen molar-refractivity contribution < 1.29 is 14.3 Å². The second kappa shape index (κ2) is 7.24. The Hall–Kier alpha value is -1.07. The summed E-state index contributed by atoms with van der Waals surface area (Å²) in [6.45, 7) is 2.38. The van der Waals surface area contributed by atoms with Crippen molar-refractivity contribution in [3.05, 3.63) is 35.9 Å². The van der Waals surface area contributed by atoms with E-state index in [4.69, 9.17) is 21.7 Å². The van der Waals surface area contributed by atoms with Gasteiger partial charge in [-0.05, 0) is 43.0 Å². The van der Waals surface area contributed by atoms with Gasteiger partial charge < -0.3 is 9.47 Å². The molecule has 0 spiro atoms. The summed E-state index contributed by atoms with van der Waals surface area (Å²) < 4.78 is 10.4. The maximum Gasteiger partial charge on any atom is 0.338 e. The topological polar surface area (TPSA) is 35.5 Å². The van der Waals surface area contributed by atoms with Crippen LogP contribution in [0.3, 0.4) is 0 Å². The van der Waals surface area contributed by atoms with Crippen LogP contribution in [0.2, 0.25) is 0 Å². The molecule has 0 saturated carbocycles. The summed E-state index contributed by atoms with van der Waals surface area (Å²) >= 11 is 6.06. The third-order valence-corrected chi connectivity index (χ3v) is 2.70. The lowest BCUT2D eigenvalue weighted by atomic mass is 10.2. The van der Waals surface area contributed by atoms with Gasteiger partial charge in [0.25, 0.3) is 0 Å². The summed E-state index contributed by atoms with van der Waals surface area (Å²) in [4.78, 5) is 11.5. The number of carbonyl (C=O) groups is 1. The Morgan fingerprint density at radius 1 is 1.31 bits per heavy atom. The Bertz CT molecular complexity index is 352. The van der Waals surface area contributed by atoms with E-state index < -0.39 is 0 Å². The quantitative estimate of drug-likeness (QED) is 0.470. The van der Waals surface area contributed by atoms with Crippen molar-refractivity contribution in [2.45, 2.75) is 6.92 Å². The first-order valence-electron chi connectivity index (χ1n) is 4.75. The molecule has 0 saturated heterocycles. The number of hydrogen-bond donors (Lipinski definition) is 0. The molecule has 1 aromatic rings. The molecule has 0 atom stereocenters. The van der Waals surface area contributed by atoms with E-state index >= 15 is 0 Å². The lowest BCUT2D eigenvalue weighted by Crippen LogP contribution is -2.06. The van der Waals surface area contributed by atoms with Crippen LogP contribution in [0.25, 0.3) is 0 Å². The fourth-order valence-electron chi connectivity index (χ4n) is 0.948. The molecule has 1 rings (SSSR count). The van der Waals surface area contributed by atoms with Crippen LogP contribution >= 0.6 is 24.0 Å². The summed E-state index contributed by atoms with van der Waals surface area (Å²) in [5, 5.41) is 0. The van der Waals surface area contributed by atoms with Crippen molar-refractivity contribution in [2.24, 2.45) is 0 Å². The average Bonchev–Trinajstić information content (AvgIpc) is 2.30. The molecule has 0 aliphatic carbocycles. The molecule has 0 aliphatic rings. The van der Waals surface area contributed by atoms with Gasteiger partial charge in [-0.2, -0.15) is 0 Å². The Balaban J connectivity index is 2.29. The molecule has 0 fully saturated rings. The predicted octanol–water partition coefficient (Wildman–Crippen LogP) is 2.86. The van der Waals surface area contributed by atoms with Crippen LogP contribution in [0.5, 0.6) is 0 Å². The van der Waals surface area contributed by atoms with E-state index in [0.29, 0.717) is 16.6 Å². The van der Waals surface area contributed by atoms with Gasteiger partial charge in [0.1, 0.15) is 5.94 Å². The molecule has 16 heavy (non-hydrogen) atoms. The van der Waals surface area contributed by atoms with Crippen LogP contribution in [0.1, 0.15) is 17.3 Å². The van der Waals surface area contributed by atoms with Crippen LogP contribution in [-0.4, -0.2) is 22.9 Å². The van der Waals surface area contributed by atoms with Crippen LogP contribution in [0.15, 0.2) is 30.3 Å². The molecule has 0 radical (unpaired) electrons. The first kappa shape index (κ1) is 13.0. The molecule has 0 aliphatic heterocycles. The summed E-state index contributed by atoms with van der Waals surface area (Å²) in [5.41, 5.74) is 0.533. The van der Waals surface area contributed by atoms with E-state index in [2.05, 4.69) is 0 Å². The third-order valence-electron chi connectivity index (χ3n) is 1.64. The van der Waals surface area contributed by atoms with Gasteiger partial charge in [0.05, 0.1) is 12.2 Å². The maximum atomic E-state index is 11.5. The Labute approximate surface area is 104 Å². The fourth-order valence-corrected chi connectivity index (χ4v) is 1.67. The van der Waals surface area contributed by atoms with E-state index in [1.54, 1.807) is 24.3 Å². The highest BCUT2D eigenvalue weighted by atomic mass is 32.2. The average molecular weight is 256 g/mol. The van der Waals surface area contributed by atoms with Gasteiger partial charge in [0, 0.05) is 0 Å². The molecule has 0 aromatic heterocycles. The highest BCUT2D eigenvalue weighted by Gasteiger charge is 2.06. The standard InChI is InChI=1S/C11H12O3S2/c1-2-13-11(15)16-8-14-10(12)9-6-4-3-5-7-9/h3-7H,2,8H2,1H3. The molecule has 5 heteroatoms. The Kier molecular flexibility index (Phi) is 5.88. The Morgan fingerprint density at radius 3 is 2.62 bits per heavy atom. The molecular formula is C11H12O3S2. The second-order valence-corrected chi connectivity index (χ2v) is 4.27. The number of thiocarbonyl (C=S) groups is 1. The number of esters is 1.